The molecular weight excluding hydrogens is 364 g/mol. The van der Waals surface area contributed by atoms with Gasteiger partial charge in [0.25, 0.3) is 5.91 Å². The number of carbonyl (C=O) groups is 2. The average molecular weight is 388 g/mol. The molecule has 0 unspecified atom stereocenters. The summed E-state index contributed by atoms with van der Waals surface area (Å²) in [5.41, 5.74) is 4.78. The van der Waals surface area contributed by atoms with Crippen molar-refractivity contribution in [3.8, 4) is 0 Å². The number of hydrogen-bond acceptors (Lipinski definition) is 4. The second-order valence-corrected chi connectivity index (χ2v) is 8.91. The van der Waals surface area contributed by atoms with Crippen LogP contribution in [0.4, 0.5) is 5.69 Å². The first kappa shape index (κ1) is 20.6. The zero-order chi connectivity index (χ0) is 20.2. The molecule has 0 saturated carbocycles. The van der Waals surface area contributed by atoms with Crippen molar-refractivity contribution in [3.63, 3.8) is 0 Å². The average Bonchev–Trinajstić information content (AvgIpc) is 2.55. The fourth-order valence-corrected chi connectivity index (χ4v) is 3.68. The van der Waals surface area contributed by atoms with Gasteiger partial charge >= 0.3 is 0 Å². The van der Waals surface area contributed by atoms with Crippen molar-refractivity contribution < 1.29 is 18.0 Å². The van der Waals surface area contributed by atoms with Crippen molar-refractivity contribution in [1.82, 2.24) is 5.32 Å². The number of carbonyl (C=O) groups excluding carboxylic acids is 2. The Morgan fingerprint density at radius 1 is 0.963 bits per heavy atom. The summed E-state index contributed by atoms with van der Waals surface area (Å²) in [6.07, 6.45) is 1.16. The SMILES string of the molecule is Cc1cc(C)c(NC(=O)CNC(=O)c2ccc(CS(C)(=O)=O)cc2)c(C)c1. The first-order valence-electron chi connectivity index (χ1n) is 8.48. The molecule has 0 bridgehead atoms. The van der Waals surface area contributed by atoms with E-state index in [4.69, 9.17) is 0 Å². The zero-order valence-corrected chi connectivity index (χ0v) is 16.7. The van der Waals surface area contributed by atoms with Gasteiger partial charge in [0, 0.05) is 17.5 Å². The molecular formula is C20H24N2O4S. The van der Waals surface area contributed by atoms with Crippen LogP contribution in [0.25, 0.3) is 0 Å². The molecule has 0 atom stereocenters. The van der Waals surface area contributed by atoms with E-state index < -0.39 is 15.7 Å². The van der Waals surface area contributed by atoms with E-state index in [-0.39, 0.29) is 18.2 Å². The molecule has 7 heteroatoms. The van der Waals surface area contributed by atoms with Crippen molar-refractivity contribution in [2.45, 2.75) is 26.5 Å². The molecule has 0 aromatic heterocycles. The van der Waals surface area contributed by atoms with Crippen molar-refractivity contribution in [2.24, 2.45) is 0 Å². The molecule has 2 N–H and O–H groups in total. The van der Waals surface area contributed by atoms with Crippen LogP contribution >= 0.6 is 0 Å². The Morgan fingerprint density at radius 2 is 1.52 bits per heavy atom. The quantitative estimate of drug-likeness (QED) is 0.795. The molecule has 0 spiro atoms. The maximum atomic E-state index is 12.2. The van der Waals surface area contributed by atoms with E-state index in [1.165, 1.54) is 0 Å². The Kier molecular flexibility index (Phi) is 6.38. The summed E-state index contributed by atoms with van der Waals surface area (Å²) in [6.45, 7) is 5.68. The lowest BCUT2D eigenvalue weighted by Crippen LogP contribution is -2.33. The second-order valence-electron chi connectivity index (χ2n) is 6.77. The van der Waals surface area contributed by atoms with Crippen LogP contribution in [-0.4, -0.2) is 33.0 Å². The molecule has 0 aliphatic rings. The Hall–Kier alpha value is -2.67. The second kappa shape index (κ2) is 8.35. The van der Waals surface area contributed by atoms with Gasteiger partial charge in [-0.25, -0.2) is 8.42 Å². The van der Waals surface area contributed by atoms with Crippen molar-refractivity contribution in [1.29, 1.82) is 0 Å². The smallest absolute Gasteiger partial charge is 0.251 e. The minimum atomic E-state index is -3.12. The van der Waals surface area contributed by atoms with Crippen LogP contribution in [0.1, 0.15) is 32.6 Å². The van der Waals surface area contributed by atoms with Crippen LogP contribution in [0.5, 0.6) is 0 Å². The van der Waals surface area contributed by atoms with Gasteiger partial charge in [-0.2, -0.15) is 0 Å². The van der Waals surface area contributed by atoms with Crippen LogP contribution in [-0.2, 0) is 20.4 Å². The van der Waals surface area contributed by atoms with E-state index in [1.807, 2.05) is 32.9 Å². The van der Waals surface area contributed by atoms with Gasteiger partial charge in [-0.05, 0) is 49.6 Å². The van der Waals surface area contributed by atoms with Gasteiger partial charge < -0.3 is 10.6 Å². The number of sulfone groups is 1. The molecule has 0 heterocycles. The molecule has 2 amide bonds. The van der Waals surface area contributed by atoms with Crippen molar-refractivity contribution in [2.75, 3.05) is 18.1 Å². The minimum absolute atomic E-state index is 0.0768. The number of amides is 2. The lowest BCUT2D eigenvalue weighted by Gasteiger charge is -2.13. The van der Waals surface area contributed by atoms with E-state index in [1.54, 1.807) is 24.3 Å². The normalized spacial score (nSPS) is 11.1. The summed E-state index contributed by atoms with van der Waals surface area (Å²) in [7, 11) is -3.12. The molecule has 0 aliphatic heterocycles. The van der Waals surface area contributed by atoms with Crippen LogP contribution in [0.2, 0.25) is 0 Å². The maximum Gasteiger partial charge on any atom is 0.251 e. The van der Waals surface area contributed by atoms with Gasteiger partial charge in [0.15, 0.2) is 9.84 Å². The lowest BCUT2D eigenvalue weighted by molar-refractivity contribution is -0.115. The third-order valence-corrected chi connectivity index (χ3v) is 4.85. The fourth-order valence-electron chi connectivity index (χ4n) is 2.88. The molecule has 2 aromatic carbocycles. The van der Waals surface area contributed by atoms with Crippen LogP contribution in [0.15, 0.2) is 36.4 Å². The van der Waals surface area contributed by atoms with Gasteiger partial charge in [0.05, 0.1) is 12.3 Å². The lowest BCUT2D eigenvalue weighted by atomic mass is 10.1. The number of hydrogen-bond donors (Lipinski definition) is 2. The predicted molar refractivity (Wildman–Crippen MR) is 107 cm³/mol. The molecule has 0 fully saturated rings. The molecule has 2 rings (SSSR count). The third-order valence-electron chi connectivity index (χ3n) is 4.00. The number of rotatable bonds is 6. The number of anilines is 1. The molecule has 0 saturated heterocycles. The van der Waals surface area contributed by atoms with Crippen LogP contribution in [0.3, 0.4) is 0 Å². The Labute approximate surface area is 159 Å². The number of benzene rings is 2. The molecule has 144 valence electrons. The monoisotopic (exact) mass is 388 g/mol. The Bertz CT molecular complexity index is 941. The van der Waals surface area contributed by atoms with E-state index in [0.717, 1.165) is 28.6 Å². The first-order chi connectivity index (χ1) is 12.5. The largest absolute Gasteiger partial charge is 0.343 e. The van der Waals surface area contributed by atoms with Gasteiger partial charge in [-0.15, -0.1) is 0 Å². The molecule has 0 aliphatic carbocycles. The summed E-state index contributed by atoms with van der Waals surface area (Å²) in [5, 5.41) is 5.39. The van der Waals surface area contributed by atoms with E-state index in [0.29, 0.717) is 11.1 Å². The zero-order valence-electron chi connectivity index (χ0n) is 15.9. The summed E-state index contributed by atoms with van der Waals surface area (Å²) in [5.74, 6) is -0.785. The van der Waals surface area contributed by atoms with Gasteiger partial charge in [-0.3, -0.25) is 9.59 Å². The predicted octanol–water partition coefficient (Wildman–Crippen LogP) is 2.52. The van der Waals surface area contributed by atoms with Crippen LogP contribution in [0, 0.1) is 20.8 Å². The van der Waals surface area contributed by atoms with Gasteiger partial charge in [-0.1, -0.05) is 29.8 Å². The third kappa shape index (κ3) is 6.21. The standard InChI is InChI=1S/C20H24N2O4S/c1-13-9-14(2)19(15(3)10-13)22-18(23)11-21-20(24)17-7-5-16(6-8-17)12-27(4,25)26/h5-10H,11-12H2,1-4H3,(H,21,24)(H,22,23). The molecule has 27 heavy (non-hydrogen) atoms. The maximum absolute atomic E-state index is 12.2. The number of nitrogens with one attached hydrogen (secondary N) is 2. The highest BCUT2D eigenvalue weighted by Crippen LogP contribution is 2.21. The minimum Gasteiger partial charge on any atom is -0.343 e. The van der Waals surface area contributed by atoms with E-state index in [2.05, 4.69) is 10.6 Å². The first-order valence-corrected chi connectivity index (χ1v) is 10.5. The van der Waals surface area contributed by atoms with Crippen LogP contribution < -0.4 is 10.6 Å². The van der Waals surface area contributed by atoms with Crippen molar-refractivity contribution in [3.05, 3.63) is 64.2 Å². The summed E-state index contributed by atoms with van der Waals surface area (Å²) in [4.78, 5) is 24.3. The highest BCUT2D eigenvalue weighted by atomic mass is 32.2. The fraction of sp³-hybridized carbons (Fsp3) is 0.300. The van der Waals surface area contributed by atoms with Crippen molar-refractivity contribution >= 4 is 27.3 Å². The Morgan fingerprint density at radius 3 is 2.04 bits per heavy atom. The van der Waals surface area contributed by atoms with E-state index in [9.17, 15) is 18.0 Å². The molecule has 6 nitrogen and oxygen atoms in total. The van der Waals surface area contributed by atoms with E-state index >= 15 is 0 Å². The molecule has 2 aromatic rings. The summed E-state index contributed by atoms with van der Waals surface area (Å²) in [6, 6.07) is 10.2. The Balaban J connectivity index is 1.94. The number of aryl methyl sites for hydroxylation is 3. The molecule has 0 radical (unpaired) electrons. The topological polar surface area (TPSA) is 92.3 Å². The van der Waals surface area contributed by atoms with Gasteiger partial charge in [0.1, 0.15) is 0 Å². The summed E-state index contributed by atoms with van der Waals surface area (Å²) < 4.78 is 22.6. The summed E-state index contributed by atoms with van der Waals surface area (Å²) >= 11 is 0. The highest BCUT2D eigenvalue weighted by molar-refractivity contribution is 7.89. The van der Waals surface area contributed by atoms with Gasteiger partial charge in [0.2, 0.25) is 5.91 Å². The highest BCUT2D eigenvalue weighted by Gasteiger charge is 2.12.